The number of carbonyl (C=O) groups excluding carboxylic acids is 1. The van der Waals surface area contributed by atoms with E-state index in [2.05, 4.69) is 11.4 Å². The molecule has 3 heterocycles. The predicted octanol–water partition coefficient (Wildman–Crippen LogP) is 3.55. The Bertz CT molecular complexity index is 1100. The summed E-state index contributed by atoms with van der Waals surface area (Å²) in [5.74, 6) is 0.278. The number of anilines is 1. The number of aryl methyl sites for hydroxylation is 1. The van der Waals surface area contributed by atoms with Crippen LogP contribution in [0, 0.1) is 11.3 Å². The van der Waals surface area contributed by atoms with E-state index in [4.69, 9.17) is 4.42 Å². The molecule has 0 unspecified atom stereocenters. The third-order valence-corrected chi connectivity index (χ3v) is 5.83. The number of rotatable bonds is 4. The fourth-order valence-corrected chi connectivity index (χ4v) is 4.52. The van der Waals surface area contributed by atoms with Crippen molar-refractivity contribution >= 4 is 22.2 Å². The lowest BCUT2D eigenvalue weighted by atomic mass is 9.96. The van der Waals surface area contributed by atoms with Crippen LogP contribution in [-0.2, 0) is 19.4 Å². The average Bonchev–Trinajstić information content (AvgIpc) is 3.27. The number of pyridine rings is 1. The van der Waals surface area contributed by atoms with Crippen molar-refractivity contribution in [3.05, 3.63) is 74.4 Å². The van der Waals surface area contributed by atoms with Crippen LogP contribution in [0.1, 0.15) is 45.2 Å². The summed E-state index contributed by atoms with van der Waals surface area (Å²) in [6.45, 7) is 0.254. The average molecular weight is 379 g/mol. The van der Waals surface area contributed by atoms with Crippen molar-refractivity contribution in [1.82, 2.24) is 4.57 Å². The Kier molecular flexibility index (Phi) is 4.65. The number of nitriles is 1. The van der Waals surface area contributed by atoms with Crippen LogP contribution < -0.4 is 10.9 Å². The quantitative estimate of drug-likeness (QED) is 0.751. The van der Waals surface area contributed by atoms with E-state index in [-0.39, 0.29) is 17.9 Å². The highest BCUT2D eigenvalue weighted by Crippen LogP contribution is 2.37. The third-order valence-electron chi connectivity index (χ3n) is 4.62. The molecule has 0 aromatic carbocycles. The zero-order chi connectivity index (χ0) is 18.8. The van der Waals surface area contributed by atoms with Gasteiger partial charge in [0.2, 0.25) is 0 Å². The van der Waals surface area contributed by atoms with Crippen LogP contribution in [0.2, 0.25) is 0 Å². The van der Waals surface area contributed by atoms with Crippen LogP contribution >= 0.6 is 11.3 Å². The number of hydrogen-bond donors (Lipinski definition) is 1. The first kappa shape index (κ1) is 17.3. The van der Waals surface area contributed by atoms with Gasteiger partial charge in [-0.1, -0.05) is 6.07 Å². The van der Waals surface area contributed by atoms with Crippen LogP contribution in [-0.4, -0.2) is 10.5 Å². The van der Waals surface area contributed by atoms with Gasteiger partial charge in [-0.05, 0) is 49.4 Å². The summed E-state index contributed by atoms with van der Waals surface area (Å²) in [5, 5.41) is 12.9. The van der Waals surface area contributed by atoms with Crippen molar-refractivity contribution in [2.75, 3.05) is 5.32 Å². The van der Waals surface area contributed by atoms with Gasteiger partial charge >= 0.3 is 0 Å². The van der Waals surface area contributed by atoms with Gasteiger partial charge < -0.3 is 14.3 Å². The van der Waals surface area contributed by atoms with Gasteiger partial charge in [-0.25, -0.2) is 0 Å². The van der Waals surface area contributed by atoms with Gasteiger partial charge in [-0.2, -0.15) is 5.26 Å². The van der Waals surface area contributed by atoms with E-state index in [1.165, 1.54) is 26.8 Å². The molecule has 0 spiro atoms. The maximum atomic E-state index is 12.6. The molecule has 136 valence electrons. The van der Waals surface area contributed by atoms with Gasteiger partial charge in [0, 0.05) is 17.1 Å². The third kappa shape index (κ3) is 3.44. The number of nitrogens with one attached hydrogen (secondary N) is 1. The highest BCUT2D eigenvalue weighted by Gasteiger charge is 2.23. The Morgan fingerprint density at radius 2 is 2.11 bits per heavy atom. The summed E-state index contributed by atoms with van der Waals surface area (Å²) in [6.07, 6.45) is 5.71. The van der Waals surface area contributed by atoms with E-state index in [0.29, 0.717) is 16.3 Å². The lowest BCUT2D eigenvalue weighted by Crippen LogP contribution is -2.18. The number of carbonyl (C=O) groups is 1. The lowest BCUT2D eigenvalue weighted by Gasteiger charge is -2.09. The molecular formula is C20H17N3O3S. The Balaban J connectivity index is 1.52. The molecule has 1 amide bonds. The van der Waals surface area contributed by atoms with Crippen LogP contribution in [0.15, 0.2) is 45.7 Å². The molecule has 0 saturated heterocycles. The number of furan rings is 1. The number of amides is 1. The summed E-state index contributed by atoms with van der Waals surface area (Å²) in [6, 6.07) is 10.4. The molecule has 0 fully saturated rings. The van der Waals surface area contributed by atoms with E-state index in [0.717, 1.165) is 31.2 Å². The van der Waals surface area contributed by atoms with Gasteiger partial charge in [0.1, 0.15) is 16.8 Å². The molecule has 6 nitrogen and oxygen atoms in total. The standard InChI is InChI=1S/C20H17N3O3S/c21-11-15-14-5-1-2-6-17(14)27-20(15)22-19(25)16-9-8-13(26-16)12-23-10-4-3-7-18(23)24/h3-4,7-10H,1-2,5-6,12H2,(H,22,25). The zero-order valence-corrected chi connectivity index (χ0v) is 15.3. The molecule has 1 aliphatic carbocycles. The molecule has 0 bridgehead atoms. The second kappa shape index (κ2) is 7.25. The van der Waals surface area contributed by atoms with Crippen LogP contribution in [0.25, 0.3) is 0 Å². The minimum atomic E-state index is -0.392. The van der Waals surface area contributed by atoms with Gasteiger partial charge in [0.25, 0.3) is 11.5 Å². The van der Waals surface area contributed by atoms with Gasteiger partial charge in [0.05, 0.1) is 12.1 Å². The lowest BCUT2D eigenvalue weighted by molar-refractivity contribution is 0.0995. The molecule has 4 rings (SSSR count). The van der Waals surface area contributed by atoms with Gasteiger partial charge in [0.15, 0.2) is 5.76 Å². The van der Waals surface area contributed by atoms with E-state index < -0.39 is 5.91 Å². The van der Waals surface area contributed by atoms with Crippen molar-refractivity contribution in [1.29, 1.82) is 5.26 Å². The van der Waals surface area contributed by atoms with Crippen LogP contribution in [0.3, 0.4) is 0 Å². The number of aromatic nitrogens is 1. The highest BCUT2D eigenvalue weighted by atomic mass is 32.1. The minimum absolute atomic E-state index is 0.136. The first-order valence-electron chi connectivity index (χ1n) is 8.76. The minimum Gasteiger partial charge on any atom is -0.454 e. The van der Waals surface area contributed by atoms with Crippen molar-refractivity contribution < 1.29 is 9.21 Å². The maximum absolute atomic E-state index is 12.6. The summed E-state index contributed by atoms with van der Waals surface area (Å²) >= 11 is 1.48. The maximum Gasteiger partial charge on any atom is 0.292 e. The number of hydrogen-bond acceptors (Lipinski definition) is 5. The summed E-state index contributed by atoms with van der Waals surface area (Å²) in [5.41, 5.74) is 1.51. The molecule has 0 aliphatic heterocycles. The number of fused-ring (bicyclic) bond motifs is 1. The highest BCUT2D eigenvalue weighted by molar-refractivity contribution is 7.16. The topological polar surface area (TPSA) is 88.0 Å². The zero-order valence-electron chi connectivity index (χ0n) is 14.5. The molecule has 0 saturated carbocycles. The molecule has 1 aliphatic rings. The second-order valence-electron chi connectivity index (χ2n) is 6.41. The first-order valence-corrected chi connectivity index (χ1v) is 9.57. The number of thiophene rings is 1. The molecule has 3 aromatic heterocycles. The molecule has 27 heavy (non-hydrogen) atoms. The molecular weight excluding hydrogens is 362 g/mol. The SMILES string of the molecule is N#Cc1c(NC(=O)c2ccc(Cn3ccccc3=O)o2)sc2c1CCCC2. The predicted molar refractivity (Wildman–Crippen MR) is 102 cm³/mol. The van der Waals surface area contributed by atoms with Crippen molar-refractivity contribution in [2.24, 2.45) is 0 Å². The molecule has 3 aromatic rings. The Hall–Kier alpha value is -3.11. The van der Waals surface area contributed by atoms with E-state index in [1.54, 1.807) is 30.5 Å². The fourth-order valence-electron chi connectivity index (χ4n) is 3.28. The molecule has 0 radical (unpaired) electrons. The van der Waals surface area contributed by atoms with E-state index in [9.17, 15) is 14.9 Å². The Labute approximate surface area is 159 Å². The van der Waals surface area contributed by atoms with Crippen molar-refractivity contribution in [3.63, 3.8) is 0 Å². The normalized spacial score (nSPS) is 13.0. The van der Waals surface area contributed by atoms with Gasteiger partial charge in [-0.15, -0.1) is 11.3 Å². The summed E-state index contributed by atoms with van der Waals surface area (Å²) in [7, 11) is 0. The Morgan fingerprint density at radius 3 is 2.93 bits per heavy atom. The fraction of sp³-hybridized carbons (Fsp3) is 0.250. The monoisotopic (exact) mass is 379 g/mol. The molecule has 7 heteroatoms. The van der Waals surface area contributed by atoms with Crippen molar-refractivity contribution in [2.45, 2.75) is 32.2 Å². The van der Waals surface area contributed by atoms with Gasteiger partial charge in [-0.3, -0.25) is 9.59 Å². The van der Waals surface area contributed by atoms with Crippen LogP contribution in [0.4, 0.5) is 5.00 Å². The van der Waals surface area contributed by atoms with E-state index >= 15 is 0 Å². The summed E-state index contributed by atoms with van der Waals surface area (Å²) < 4.78 is 7.10. The van der Waals surface area contributed by atoms with E-state index in [1.807, 2.05) is 0 Å². The first-order chi connectivity index (χ1) is 13.2. The summed E-state index contributed by atoms with van der Waals surface area (Å²) in [4.78, 5) is 25.5. The molecule has 0 atom stereocenters. The van der Waals surface area contributed by atoms with Crippen molar-refractivity contribution in [3.8, 4) is 6.07 Å². The Morgan fingerprint density at radius 1 is 1.26 bits per heavy atom. The smallest absolute Gasteiger partial charge is 0.292 e. The largest absolute Gasteiger partial charge is 0.454 e. The van der Waals surface area contributed by atoms with Crippen LogP contribution in [0.5, 0.6) is 0 Å². The molecule has 1 N–H and O–H groups in total. The second-order valence-corrected chi connectivity index (χ2v) is 7.52. The number of nitrogens with zero attached hydrogens (tertiary/aromatic N) is 2.